The second-order valence-corrected chi connectivity index (χ2v) is 5.64. The molecule has 2 aromatic heterocycles. The van der Waals surface area contributed by atoms with Crippen molar-refractivity contribution in [1.82, 2.24) is 19.6 Å². The van der Waals surface area contributed by atoms with Crippen LogP contribution in [0.4, 0.5) is 11.6 Å². The van der Waals surface area contributed by atoms with E-state index < -0.39 is 4.92 Å². The summed E-state index contributed by atoms with van der Waals surface area (Å²) in [6, 6.07) is 10.3. The number of aromatic nitrogens is 4. The number of amides is 1. The molecular formula is C15H13ClN6O3. The van der Waals surface area contributed by atoms with E-state index in [-0.39, 0.29) is 18.3 Å². The normalized spacial score (nSPS) is 10.6. The zero-order valence-electron chi connectivity index (χ0n) is 12.9. The molecule has 0 aliphatic rings. The van der Waals surface area contributed by atoms with E-state index >= 15 is 0 Å². The lowest BCUT2D eigenvalue weighted by atomic mass is 10.2. The molecule has 0 radical (unpaired) electrons. The monoisotopic (exact) mass is 360 g/mol. The molecule has 0 saturated carbocycles. The van der Waals surface area contributed by atoms with Crippen LogP contribution in [-0.4, -0.2) is 30.4 Å². The van der Waals surface area contributed by atoms with Crippen LogP contribution in [0.25, 0.3) is 0 Å². The van der Waals surface area contributed by atoms with Gasteiger partial charge in [0.25, 0.3) is 0 Å². The van der Waals surface area contributed by atoms with Gasteiger partial charge in [0.05, 0.1) is 23.9 Å². The number of hydrogen-bond acceptors (Lipinski definition) is 5. The summed E-state index contributed by atoms with van der Waals surface area (Å²) in [6.07, 6.45) is 3.10. The maximum absolute atomic E-state index is 12.0. The second-order valence-electron chi connectivity index (χ2n) is 5.21. The van der Waals surface area contributed by atoms with Crippen molar-refractivity contribution in [2.24, 2.45) is 0 Å². The zero-order chi connectivity index (χ0) is 17.8. The third kappa shape index (κ3) is 4.42. The minimum atomic E-state index is -0.619. The van der Waals surface area contributed by atoms with Crippen molar-refractivity contribution in [3.8, 4) is 0 Å². The molecule has 1 N–H and O–H groups in total. The van der Waals surface area contributed by atoms with Gasteiger partial charge in [0.2, 0.25) is 5.91 Å². The van der Waals surface area contributed by atoms with Crippen LogP contribution < -0.4 is 5.32 Å². The molecule has 1 aromatic carbocycles. The Bertz CT molecular complexity index is 919. The van der Waals surface area contributed by atoms with Crippen molar-refractivity contribution >= 4 is 29.1 Å². The maximum Gasteiger partial charge on any atom is 0.389 e. The van der Waals surface area contributed by atoms with Crippen LogP contribution in [0.3, 0.4) is 0 Å². The highest BCUT2D eigenvalue weighted by molar-refractivity contribution is 6.30. The fraction of sp³-hybridized carbons (Fsp3) is 0.133. The topological polar surface area (TPSA) is 108 Å². The van der Waals surface area contributed by atoms with Crippen LogP contribution >= 0.6 is 11.6 Å². The largest absolute Gasteiger partial charge is 0.389 e. The number of carbonyl (C=O) groups excluding carboxylic acids is 1. The number of nitro groups is 1. The first-order valence-corrected chi connectivity index (χ1v) is 7.63. The molecule has 25 heavy (non-hydrogen) atoms. The van der Waals surface area contributed by atoms with Crippen LogP contribution in [0.2, 0.25) is 5.02 Å². The first-order chi connectivity index (χ1) is 12.0. The molecule has 2 heterocycles. The second kappa shape index (κ2) is 7.14. The fourth-order valence-corrected chi connectivity index (χ4v) is 2.42. The van der Waals surface area contributed by atoms with E-state index in [1.54, 1.807) is 23.0 Å². The highest BCUT2D eigenvalue weighted by Gasteiger charge is 2.14. The van der Waals surface area contributed by atoms with Gasteiger partial charge in [-0.05, 0) is 22.6 Å². The molecule has 0 atom stereocenters. The highest BCUT2D eigenvalue weighted by atomic mass is 35.5. The smallest absolute Gasteiger partial charge is 0.358 e. The number of carbonyl (C=O) groups is 1. The van der Waals surface area contributed by atoms with E-state index in [0.717, 1.165) is 5.56 Å². The SMILES string of the molecule is O=C(Cn1ccc([N+](=O)[O-])n1)Nc1ccn(Cc2cccc(Cl)c2)n1. The summed E-state index contributed by atoms with van der Waals surface area (Å²) in [7, 11) is 0. The average molecular weight is 361 g/mol. The van der Waals surface area contributed by atoms with Gasteiger partial charge >= 0.3 is 5.82 Å². The Hall–Kier alpha value is -3.20. The molecular weight excluding hydrogens is 348 g/mol. The number of hydrogen-bond donors (Lipinski definition) is 1. The predicted molar refractivity (Wildman–Crippen MR) is 90.3 cm³/mol. The lowest BCUT2D eigenvalue weighted by Gasteiger charge is -2.03. The van der Waals surface area contributed by atoms with Crippen LogP contribution in [-0.2, 0) is 17.9 Å². The van der Waals surface area contributed by atoms with Gasteiger partial charge in [-0.25, -0.2) is 0 Å². The first-order valence-electron chi connectivity index (χ1n) is 7.25. The maximum atomic E-state index is 12.0. The Kier molecular flexibility index (Phi) is 4.75. The third-order valence-electron chi connectivity index (χ3n) is 3.26. The summed E-state index contributed by atoms with van der Waals surface area (Å²) in [6.45, 7) is 0.372. The zero-order valence-corrected chi connectivity index (χ0v) is 13.6. The Balaban J connectivity index is 1.58. The van der Waals surface area contributed by atoms with Gasteiger partial charge < -0.3 is 15.4 Å². The summed E-state index contributed by atoms with van der Waals surface area (Å²) in [5, 5.41) is 21.8. The Morgan fingerprint density at radius 2 is 2.00 bits per heavy atom. The molecule has 3 rings (SSSR count). The molecule has 0 spiro atoms. The van der Waals surface area contributed by atoms with Crippen LogP contribution in [0.5, 0.6) is 0 Å². The van der Waals surface area contributed by atoms with E-state index in [4.69, 9.17) is 11.6 Å². The molecule has 9 nitrogen and oxygen atoms in total. The number of halogens is 1. The van der Waals surface area contributed by atoms with E-state index in [9.17, 15) is 14.9 Å². The van der Waals surface area contributed by atoms with E-state index in [2.05, 4.69) is 15.5 Å². The van der Waals surface area contributed by atoms with E-state index in [1.165, 1.54) is 16.9 Å². The Labute approximate surface area is 147 Å². The Morgan fingerprint density at radius 1 is 1.20 bits per heavy atom. The molecule has 0 fully saturated rings. The molecule has 0 aliphatic heterocycles. The van der Waals surface area contributed by atoms with Crippen LogP contribution in [0.15, 0.2) is 48.8 Å². The van der Waals surface area contributed by atoms with Crippen molar-refractivity contribution in [2.45, 2.75) is 13.1 Å². The number of benzene rings is 1. The molecule has 1 amide bonds. The number of anilines is 1. The van der Waals surface area contributed by atoms with Crippen LogP contribution in [0, 0.1) is 10.1 Å². The van der Waals surface area contributed by atoms with Gasteiger partial charge in [0, 0.05) is 17.3 Å². The van der Waals surface area contributed by atoms with Gasteiger partial charge in [-0.2, -0.15) is 9.78 Å². The van der Waals surface area contributed by atoms with Gasteiger partial charge in [-0.15, -0.1) is 0 Å². The van der Waals surface area contributed by atoms with Crippen LogP contribution in [0.1, 0.15) is 5.56 Å². The first kappa shape index (κ1) is 16.7. The summed E-state index contributed by atoms with van der Waals surface area (Å²) >= 11 is 5.95. The van der Waals surface area contributed by atoms with Crippen molar-refractivity contribution < 1.29 is 9.72 Å². The van der Waals surface area contributed by atoms with Crippen molar-refractivity contribution in [3.63, 3.8) is 0 Å². The molecule has 0 aliphatic carbocycles. The van der Waals surface area contributed by atoms with E-state index in [1.807, 2.05) is 18.2 Å². The predicted octanol–water partition coefficient (Wildman–Crippen LogP) is 2.33. The molecule has 128 valence electrons. The Morgan fingerprint density at radius 3 is 2.72 bits per heavy atom. The minimum Gasteiger partial charge on any atom is -0.358 e. The fourth-order valence-electron chi connectivity index (χ4n) is 2.20. The number of nitrogens with zero attached hydrogens (tertiary/aromatic N) is 5. The standard InChI is InChI=1S/C15H13ClN6O3/c16-12-3-1-2-11(8-12)9-20-6-4-13(18-20)17-15(23)10-21-7-5-14(19-21)22(24)25/h1-8H,9-10H2,(H,17,18,23). The highest BCUT2D eigenvalue weighted by Crippen LogP contribution is 2.12. The van der Waals surface area contributed by atoms with Crippen molar-refractivity contribution in [2.75, 3.05) is 5.32 Å². The van der Waals surface area contributed by atoms with Crippen molar-refractivity contribution in [3.05, 3.63) is 69.5 Å². The van der Waals surface area contributed by atoms with Gasteiger partial charge in [-0.3, -0.25) is 9.48 Å². The molecule has 0 saturated heterocycles. The van der Waals surface area contributed by atoms with E-state index in [0.29, 0.717) is 17.4 Å². The molecule has 10 heteroatoms. The molecule has 0 bridgehead atoms. The average Bonchev–Trinajstić information content (AvgIpc) is 3.17. The van der Waals surface area contributed by atoms with Gasteiger partial charge in [0.15, 0.2) is 5.82 Å². The minimum absolute atomic E-state index is 0.144. The summed E-state index contributed by atoms with van der Waals surface area (Å²) in [4.78, 5) is 21.9. The number of rotatable bonds is 6. The lowest BCUT2D eigenvalue weighted by molar-refractivity contribution is -0.389. The summed E-state index contributed by atoms with van der Waals surface area (Å²) < 4.78 is 2.86. The molecule has 3 aromatic rings. The lowest BCUT2D eigenvalue weighted by Crippen LogP contribution is -2.19. The van der Waals surface area contributed by atoms with Gasteiger partial charge in [0.1, 0.15) is 6.54 Å². The van der Waals surface area contributed by atoms with Gasteiger partial charge in [-0.1, -0.05) is 23.7 Å². The van der Waals surface area contributed by atoms with Crippen molar-refractivity contribution in [1.29, 1.82) is 0 Å². The summed E-state index contributed by atoms with van der Waals surface area (Å²) in [5.74, 6) is -0.307. The molecule has 0 unspecified atom stereocenters. The quantitative estimate of drug-likeness (QED) is 0.536. The third-order valence-corrected chi connectivity index (χ3v) is 3.50. The number of nitrogens with one attached hydrogen (secondary N) is 1. The summed E-state index contributed by atoms with van der Waals surface area (Å²) in [5.41, 5.74) is 0.984.